The molecule has 0 amide bonds. The van der Waals surface area contributed by atoms with Crippen molar-refractivity contribution < 1.29 is 22.9 Å². The zero-order chi connectivity index (χ0) is 15.6. The lowest BCUT2D eigenvalue weighted by Crippen LogP contribution is -2.05. The largest absolute Gasteiger partial charge is 0.478 e. The smallest absolute Gasteiger partial charge is 0.335 e. The van der Waals surface area contributed by atoms with E-state index < -0.39 is 28.4 Å². The Hall–Kier alpha value is -1.79. The first-order valence-electron chi connectivity index (χ1n) is 5.74. The molecule has 3 nitrogen and oxygen atoms in total. The standard InChI is InChI=1S/C14H9ClF2O3S/c15-10-2-1-3-11(16)9(10)7-21(20)13-6-8(14(18)19)4-5-12(13)17/h1-6H,7H2,(H,18,19). The average molecular weight is 331 g/mol. The predicted molar refractivity (Wildman–Crippen MR) is 74.9 cm³/mol. The van der Waals surface area contributed by atoms with Crippen molar-refractivity contribution >= 4 is 28.4 Å². The molecule has 0 saturated carbocycles. The molecule has 1 atom stereocenters. The maximum Gasteiger partial charge on any atom is 0.335 e. The molecule has 0 aliphatic rings. The quantitative estimate of drug-likeness (QED) is 0.931. The molecule has 0 radical (unpaired) electrons. The van der Waals surface area contributed by atoms with Crippen LogP contribution in [0.5, 0.6) is 0 Å². The maximum atomic E-state index is 13.7. The molecule has 0 saturated heterocycles. The Morgan fingerprint density at radius 3 is 2.52 bits per heavy atom. The Labute approximate surface area is 126 Å². The molecule has 7 heteroatoms. The van der Waals surface area contributed by atoms with E-state index in [2.05, 4.69) is 0 Å². The molecule has 2 aromatic rings. The van der Waals surface area contributed by atoms with Gasteiger partial charge in [0.1, 0.15) is 11.6 Å². The topological polar surface area (TPSA) is 54.4 Å². The lowest BCUT2D eigenvalue weighted by Gasteiger charge is -2.07. The van der Waals surface area contributed by atoms with Gasteiger partial charge in [0.15, 0.2) is 0 Å². The molecule has 1 unspecified atom stereocenters. The van der Waals surface area contributed by atoms with Crippen LogP contribution in [0.2, 0.25) is 5.02 Å². The highest BCUT2D eigenvalue weighted by atomic mass is 35.5. The van der Waals surface area contributed by atoms with Gasteiger partial charge in [-0.15, -0.1) is 0 Å². The van der Waals surface area contributed by atoms with Crippen LogP contribution in [0.25, 0.3) is 0 Å². The second-order valence-corrected chi connectivity index (χ2v) is 5.97. The molecule has 0 aromatic heterocycles. The van der Waals surface area contributed by atoms with E-state index in [4.69, 9.17) is 16.7 Å². The molecule has 2 aromatic carbocycles. The molecule has 0 aliphatic carbocycles. The van der Waals surface area contributed by atoms with Gasteiger partial charge in [-0.2, -0.15) is 0 Å². The molecule has 0 aliphatic heterocycles. The summed E-state index contributed by atoms with van der Waals surface area (Å²) in [4.78, 5) is 10.6. The highest BCUT2D eigenvalue weighted by Gasteiger charge is 2.17. The van der Waals surface area contributed by atoms with Gasteiger partial charge in [0.2, 0.25) is 0 Å². The fraction of sp³-hybridized carbons (Fsp3) is 0.0714. The van der Waals surface area contributed by atoms with Crippen molar-refractivity contribution in [1.82, 2.24) is 0 Å². The molecule has 0 bridgehead atoms. The highest BCUT2D eigenvalue weighted by molar-refractivity contribution is 7.84. The Kier molecular flexibility index (Phi) is 4.69. The third kappa shape index (κ3) is 3.46. The van der Waals surface area contributed by atoms with E-state index in [0.717, 1.165) is 24.3 Å². The summed E-state index contributed by atoms with van der Waals surface area (Å²) in [5.74, 6) is -3.07. The third-order valence-electron chi connectivity index (χ3n) is 2.76. The number of hydrogen-bond acceptors (Lipinski definition) is 2. The Morgan fingerprint density at radius 2 is 1.90 bits per heavy atom. The van der Waals surface area contributed by atoms with Gasteiger partial charge in [0.05, 0.1) is 27.0 Å². The number of hydrogen-bond donors (Lipinski definition) is 1. The number of carboxylic acid groups (broad SMARTS) is 1. The molecule has 21 heavy (non-hydrogen) atoms. The van der Waals surface area contributed by atoms with Crippen molar-refractivity contribution in [2.75, 3.05) is 0 Å². The Bertz CT molecular complexity index is 714. The summed E-state index contributed by atoms with van der Waals surface area (Å²) < 4.78 is 39.5. The van der Waals surface area contributed by atoms with Gasteiger partial charge in [0, 0.05) is 10.6 Å². The van der Waals surface area contributed by atoms with Crippen molar-refractivity contribution in [1.29, 1.82) is 0 Å². The average Bonchev–Trinajstić information content (AvgIpc) is 2.43. The van der Waals surface area contributed by atoms with Crippen LogP contribution in [0.3, 0.4) is 0 Å². The first kappa shape index (κ1) is 15.6. The van der Waals surface area contributed by atoms with Crippen LogP contribution in [-0.4, -0.2) is 15.3 Å². The Balaban J connectivity index is 2.37. The Morgan fingerprint density at radius 1 is 1.19 bits per heavy atom. The zero-order valence-corrected chi connectivity index (χ0v) is 12.0. The van der Waals surface area contributed by atoms with Crippen LogP contribution in [0.15, 0.2) is 41.3 Å². The summed E-state index contributed by atoms with van der Waals surface area (Å²) in [6, 6.07) is 6.94. The van der Waals surface area contributed by atoms with Crippen LogP contribution in [0, 0.1) is 11.6 Å². The highest BCUT2D eigenvalue weighted by Crippen LogP contribution is 2.24. The van der Waals surface area contributed by atoms with Crippen molar-refractivity contribution in [3.8, 4) is 0 Å². The van der Waals surface area contributed by atoms with Crippen LogP contribution in [0.1, 0.15) is 15.9 Å². The monoisotopic (exact) mass is 330 g/mol. The zero-order valence-electron chi connectivity index (χ0n) is 10.5. The van der Waals surface area contributed by atoms with Gasteiger partial charge in [-0.3, -0.25) is 4.21 Å². The van der Waals surface area contributed by atoms with E-state index >= 15 is 0 Å². The van der Waals surface area contributed by atoms with Crippen molar-refractivity contribution in [2.24, 2.45) is 0 Å². The summed E-state index contributed by atoms with van der Waals surface area (Å²) >= 11 is 5.82. The molecular weight excluding hydrogens is 322 g/mol. The summed E-state index contributed by atoms with van der Waals surface area (Å²) in [5, 5.41) is 8.94. The summed E-state index contributed by atoms with van der Waals surface area (Å²) in [6.45, 7) is 0. The van der Waals surface area contributed by atoms with Gasteiger partial charge >= 0.3 is 5.97 Å². The summed E-state index contributed by atoms with van der Waals surface area (Å²) in [7, 11) is -1.96. The molecular formula is C14H9ClF2O3S. The first-order valence-corrected chi connectivity index (χ1v) is 7.44. The minimum Gasteiger partial charge on any atom is -0.478 e. The fourth-order valence-corrected chi connectivity index (χ4v) is 3.25. The second-order valence-electron chi connectivity index (χ2n) is 4.14. The second kappa shape index (κ2) is 6.32. The fourth-order valence-electron chi connectivity index (χ4n) is 1.69. The number of benzene rings is 2. The van der Waals surface area contributed by atoms with E-state index in [1.165, 1.54) is 12.1 Å². The normalized spacial score (nSPS) is 12.1. The predicted octanol–water partition coefficient (Wildman–Crippen LogP) is 3.62. The first-order chi connectivity index (χ1) is 9.90. The molecule has 110 valence electrons. The number of aromatic carboxylic acids is 1. The molecule has 2 rings (SSSR count). The van der Waals surface area contributed by atoms with E-state index in [0.29, 0.717) is 0 Å². The van der Waals surface area contributed by atoms with E-state index in [-0.39, 0.29) is 26.8 Å². The van der Waals surface area contributed by atoms with Crippen LogP contribution in [-0.2, 0) is 16.6 Å². The number of rotatable bonds is 4. The van der Waals surface area contributed by atoms with Crippen molar-refractivity contribution in [3.63, 3.8) is 0 Å². The van der Waals surface area contributed by atoms with Crippen LogP contribution < -0.4 is 0 Å². The van der Waals surface area contributed by atoms with E-state index in [1.54, 1.807) is 0 Å². The number of carboxylic acids is 1. The van der Waals surface area contributed by atoms with E-state index in [1.807, 2.05) is 0 Å². The molecule has 0 fully saturated rings. The molecule has 0 spiro atoms. The lowest BCUT2D eigenvalue weighted by molar-refractivity contribution is 0.0696. The van der Waals surface area contributed by atoms with Crippen molar-refractivity contribution in [3.05, 3.63) is 64.2 Å². The summed E-state index contributed by atoms with van der Waals surface area (Å²) in [6.07, 6.45) is 0. The SMILES string of the molecule is O=C(O)c1ccc(F)c(S(=O)Cc2c(F)cccc2Cl)c1. The summed E-state index contributed by atoms with van der Waals surface area (Å²) in [5.41, 5.74) is -0.197. The molecule has 1 N–H and O–H groups in total. The van der Waals surface area contributed by atoms with Gasteiger partial charge in [0.25, 0.3) is 0 Å². The maximum absolute atomic E-state index is 13.7. The minimum atomic E-state index is -1.96. The van der Waals surface area contributed by atoms with Gasteiger partial charge in [-0.05, 0) is 30.3 Å². The minimum absolute atomic E-state index is 0.00220. The lowest BCUT2D eigenvalue weighted by atomic mass is 10.2. The number of carbonyl (C=O) groups is 1. The van der Waals surface area contributed by atoms with E-state index in [9.17, 15) is 17.8 Å². The van der Waals surface area contributed by atoms with Crippen molar-refractivity contribution in [2.45, 2.75) is 10.6 Å². The van der Waals surface area contributed by atoms with Crippen LogP contribution >= 0.6 is 11.6 Å². The van der Waals surface area contributed by atoms with Gasteiger partial charge in [-0.25, -0.2) is 13.6 Å². The van der Waals surface area contributed by atoms with Gasteiger partial charge in [-0.1, -0.05) is 17.7 Å². The molecule has 0 heterocycles. The number of halogens is 3. The van der Waals surface area contributed by atoms with Crippen LogP contribution in [0.4, 0.5) is 8.78 Å². The van der Waals surface area contributed by atoms with Gasteiger partial charge < -0.3 is 5.11 Å². The third-order valence-corrected chi connectivity index (χ3v) is 4.47.